The van der Waals surface area contributed by atoms with Gasteiger partial charge in [-0.05, 0) is 51.4 Å². The summed E-state index contributed by atoms with van der Waals surface area (Å²) in [6.07, 6.45) is 30.0. The van der Waals surface area contributed by atoms with E-state index in [1.165, 1.54) is 44.9 Å². The van der Waals surface area contributed by atoms with Gasteiger partial charge in [-0.25, -0.2) is 0 Å². The number of aliphatic hydroxyl groups excluding tert-OH is 3. The SMILES string of the molecule is CCC=CCC=CCC=CCC=CCC=CCCCC(=O)OCC(COC1OC(CS(=O)(=O)O)C(O)C(O)C1O)OC(=O)CCCCCCCCCCCCC. The number of hydrogen-bond donors (Lipinski definition) is 4. The fourth-order valence-electron chi connectivity index (χ4n) is 5.89. The maximum atomic E-state index is 12.7. The smallest absolute Gasteiger partial charge is 0.306 e. The molecule has 322 valence electrons. The van der Waals surface area contributed by atoms with Gasteiger partial charge in [0.25, 0.3) is 10.1 Å². The summed E-state index contributed by atoms with van der Waals surface area (Å²) >= 11 is 0. The highest BCUT2D eigenvalue weighted by atomic mass is 32.2. The van der Waals surface area contributed by atoms with Crippen LogP contribution in [0.1, 0.15) is 142 Å². The molecule has 0 aliphatic carbocycles. The lowest BCUT2D eigenvalue weighted by Gasteiger charge is -2.40. The van der Waals surface area contributed by atoms with Crippen LogP contribution in [-0.4, -0.2) is 96.0 Å². The molecule has 0 aromatic rings. The highest BCUT2D eigenvalue weighted by molar-refractivity contribution is 7.85. The van der Waals surface area contributed by atoms with E-state index in [1.54, 1.807) is 0 Å². The minimum Gasteiger partial charge on any atom is -0.462 e. The Hall–Kier alpha value is -2.65. The summed E-state index contributed by atoms with van der Waals surface area (Å²) in [4.78, 5) is 25.3. The molecule has 1 aliphatic heterocycles. The Morgan fingerprint density at radius 3 is 1.66 bits per heavy atom. The number of unbranched alkanes of at least 4 members (excludes halogenated alkanes) is 11. The van der Waals surface area contributed by atoms with Gasteiger partial charge in [0.1, 0.15) is 36.8 Å². The van der Waals surface area contributed by atoms with Gasteiger partial charge in [-0.1, -0.05) is 139 Å². The van der Waals surface area contributed by atoms with Crippen LogP contribution in [0, 0.1) is 0 Å². The molecule has 13 heteroatoms. The van der Waals surface area contributed by atoms with E-state index in [-0.39, 0.29) is 19.4 Å². The van der Waals surface area contributed by atoms with Gasteiger partial charge in [0.15, 0.2) is 12.4 Å². The van der Waals surface area contributed by atoms with Gasteiger partial charge in [-0.3, -0.25) is 14.1 Å². The molecule has 0 radical (unpaired) electrons. The van der Waals surface area contributed by atoms with Crippen LogP contribution in [0.3, 0.4) is 0 Å². The molecule has 0 bridgehead atoms. The fourth-order valence-corrected chi connectivity index (χ4v) is 6.58. The Kier molecular flexibility index (Phi) is 30.6. The Balaban J connectivity index is 2.52. The van der Waals surface area contributed by atoms with Gasteiger partial charge in [-0.2, -0.15) is 8.42 Å². The van der Waals surface area contributed by atoms with Gasteiger partial charge in [0.2, 0.25) is 0 Å². The lowest BCUT2D eigenvalue weighted by molar-refractivity contribution is -0.297. The fraction of sp³-hybridized carbons (Fsp3) is 0.721. The number of carbonyl (C=O) groups excluding carboxylic acids is 2. The zero-order valence-electron chi connectivity index (χ0n) is 34.0. The molecule has 1 saturated heterocycles. The Morgan fingerprint density at radius 1 is 0.625 bits per heavy atom. The number of allylic oxidation sites excluding steroid dienone is 10. The predicted octanol–water partition coefficient (Wildman–Crippen LogP) is 7.78. The van der Waals surface area contributed by atoms with Crippen molar-refractivity contribution in [2.45, 2.75) is 179 Å². The van der Waals surface area contributed by atoms with Gasteiger partial charge < -0.3 is 34.3 Å². The van der Waals surface area contributed by atoms with E-state index < -0.39 is 71.2 Å². The molecule has 0 saturated carbocycles. The van der Waals surface area contributed by atoms with Crippen molar-refractivity contribution in [1.29, 1.82) is 0 Å². The molecule has 6 atom stereocenters. The quantitative estimate of drug-likeness (QED) is 0.0219. The summed E-state index contributed by atoms with van der Waals surface area (Å²) in [6.45, 7) is 3.56. The third-order valence-corrected chi connectivity index (χ3v) is 9.86. The van der Waals surface area contributed by atoms with E-state index in [0.29, 0.717) is 19.3 Å². The van der Waals surface area contributed by atoms with Crippen LogP contribution in [0.5, 0.6) is 0 Å². The first-order chi connectivity index (χ1) is 27.0. The van der Waals surface area contributed by atoms with Crippen LogP contribution < -0.4 is 0 Å². The standard InChI is InChI=1S/C43H72O12S/c1-3-5-7-9-11-13-15-16-17-18-19-20-22-23-25-27-29-31-38(44)52-33-36(54-39(45)32-30-28-26-24-21-14-12-10-8-6-4-2)34-53-43-42(48)41(47)40(46)37(55-43)35-56(49,50)51/h5,7,11,13,16-17,19-20,23,25,36-37,40-43,46-48H,3-4,6,8-10,12,14-15,18,21-22,24,26-35H2,1-2H3,(H,49,50,51). The first-order valence-electron chi connectivity index (χ1n) is 20.8. The predicted molar refractivity (Wildman–Crippen MR) is 219 cm³/mol. The highest BCUT2D eigenvalue weighted by Crippen LogP contribution is 2.24. The van der Waals surface area contributed by atoms with E-state index in [9.17, 15) is 37.9 Å². The summed E-state index contributed by atoms with van der Waals surface area (Å²) < 4.78 is 53.8. The molecule has 56 heavy (non-hydrogen) atoms. The summed E-state index contributed by atoms with van der Waals surface area (Å²) in [6, 6.07) is 0. The Morgan fingerprint density at radius 2 is 1.12 bits per heavy atom. The van der Waals surface area contributed by atoms with Crippen LogP contribution in [0.15, 0.2) is 60.8 Å². The molecule has 0 spiro atoms. The molecule has 6 unspecified atom stereocenters. The maximum Gasteiger partial charge on any atom is 0.306 e. The van der Waals surface area contributed by atoms with Gasteiger partial charge >= 0.3 is 11.9 Å². The number of aliphatic hydroxyl groups is 3. The first-order valence-corrected chi connectivity index (χ1v) is 22.5. The van der Waals surface area contributed by atoms with E-state index in [2.05, 4.69) is 62.5 Å². The largest absolute Gasteiger partial charge is 0.462 e. The molecular formula is C43H72O12S. The summed E-state index contributed by atoms with van der Waals surface area (Å²) in [5.41, 5.74) is 0. The van der Waals surface area contributed by atoms with Crippen molar-refractivity contribution in [2.75, 3.05) is 19.0 Å². The van der Waals surface area contributed by atoms with E-state index in [1.807, 2.05) is 12.2 Å². The third-order valence-electron chi connectivity index (χ3n) is 9.11. The molecule has 0 aromatic heterocycles. The number of carbonyl (C=O) groups is 2. The normalized spacial score (nSPS) is 21.3. The Labute approximate surface area is 336 Å². The average Bonchev–Trinajstić information content (AvgIpc) is 3.16. The highest BCUT2D eigenvalue weighted by Gasteiger charge is 2.46. The average molecular weight is 813 g/mol. The van der Waals surface area contributed by atoms with Crippen LogP contribution >= 0.6 is 0 Å². The summed E-state index contributed by atoms with van der Waals surface area (Å²) in [5, 5.41) is 30.8. The lowest BCUT2D eigenvalue weighted by Crippen LogP contribution is -2.60. The second-order valence-electron chi connectivity index (χ2n) is 14.3. The molecule has 1 fully saturated rings. The topological polar surface area (TPSA) is 186 Å². The number of rotatable bonds is 33. The minimum absolute atomic E-state index is 0.139. The monoisotopic (exact) mass is 812 g/mol. The molecular weight excluding hydrogens is 741 g/mol. The number of ether oxygens (including phenoxy) is 4. The zero-order chi connectivity index (χ0) is 41.3. The molecule has 1 rings (SSSR count). The molecule has 1 aliphatic rings. The van der Waals surface area contributed by atoms with Crippen molar-refractivity contribution in [3.63, 3.8) is 0 Å². The zero-order valence-corrected chi connectivity index (χ0v) is 34.8. The van der Waals surface area contributed by atoms with Crippen LogP contribution in [0.2, 0.25) is 0 Å². The molecule has 1 heterocycles. The number of hydrogen-bond acceptors (Lipinski definition) is 11. The van der Waals surface area contributed by atoms with E-state index >= 15 is 0 Å². The van der Waals surface area contributed by atoms with Gasteiger partial charge in [0, 0.05) is 12.8 Å². The van der Waals surface area contributed by atoms with Crippen molar-refractivity contribution in [3.8, 4) is 0 Å². The maximum absolute atomic E-state index is 12.7. The van der Waals surface area contributed by atoms with E-state index in [4.69, 9.17) is 18.9 Å². The van der Waals surface area contributed by atoms with Gasteiger partial charge in [0.05, 0.1) is 6.61 Å². The van der Waals surface area contributed by atoms with Crippen molar-refractivity contribution in [1.82, 2.24) is 0 Å². The van der Waals surface area contributed by atoms with Crippen molar-refractivity contribution >= 4 is 22.1 Å². The summed E-state index contributed by atoms with van der Waals surface area (Å²) in [5.74, 6) is -2.06. The first kappa shape index (κ1) is 51.4. The third kappa shape index (κ3) is 27.9. The summed E-state index contributed by atoms with van der Waals surface area (Å²) in [7, 11) is -4.61. The van der Waals surface area contributed by atoms with Crippen molar-refractivity contribution in [3.05, 3.63) is 60.8 Å². The van der Waals surface area contributed by atoms with Crippen LogP contribution in [0.25, 0.3) is 0 Å². The molecule has 12 nitrogen and oxygen atoms in total. The Bertz CT molecular complexity index is 1280. The van der Waals surface area contributed by atoms with Crippen LogP contribution in [0.4, 0.5) is 0 Å². The van der Waals surface area contributed by atoms with Crippen LogP contribution in [-0.2, 0) is 38.7 Å². The second kappa shape index (κ2) is 33.3. The molecule has 4 N–H and O–H groups in total. The van der Waals surface area contributed by atoms with Crippen molar-refractivity contribution in [2.24, 2.45) is 0 Å². The second-order valence-corrected chi connectivity index (χ2v) is 15.8. The minimum atomic E-state index is -4.61. The van der Waals surface area contributed by atoms with E-state index in [0.717, 1.165) is 51.4 Å². The number of esters is 2. The van der Waals surface area contributed by atoms with Gasteiger partial charge in [-0.15, -0.1) is 0 Å². The van der Waals surface area contributed by atoms with Crippen molar-refractivity contribution < 1.29 is 56.8 Å². The molecule has 0 aromatic carbocycles. The lowest BCUT2D eigenvalue weighted by atomic mass is 10.00. The molecule has 0 amide bonds.